The zero-order chi connectivity index (χ0) is 6.85. The molecule has 5 heteroatoms. The van der Waals surface area contributed by atoms with Crippen molar-refractivity contribution in [2.75, 3.05) is 0 Å². The Morgan fingerprint density at radius 1 is 1.80 bits per heavy atom. The number of carboxylic acid groups (broad SMARTS) is 1. The summed E-state index contributed by atoms with van der Waals surface area (Å²) < 4.78 is 0. The van der Waals surface area contributed by atoms with E-state index in [1.807, 2.05) is 0 Å². The van der Waals surface area contributed by atoms with Gasteiger partial charge in [0, 0.05) is 0 Å². The molecule has 0 aromatic carbocycles. The van der Waals surface area contributed by atoms with Gasteiger partial charge in [-0.1, -0.05) is 0 Å². The van der Waals surface area contributed by atoms with Gasteiger partial charge < -0.3 is 10.2 Å². The van der Waals surface area contributed by atoms with Gasteiger partial charge in [-0.2, -0.15) is 0 Å². The van der Waals surface area contributed by atoms with Gasteiger partial charge in [-0.25, -0.2) is 4.79 Å². The molecule has 1 N–H and O–H groups in total. The Morgan fingerprint density at radius 3 is 2.60 bits per heavy atom. The monoisotopic (exact) mass is 135 g/mol. The number of aliphatic imine (C=N–C) groups is 1. The van der Waals surface area contributed by atoms with Crippen molar-refractivity contribution in [2.45, 2.75) is 18.9 Å². The summed E-state index contributed by atoms with van der Waals surface area (Å²) in [4.78, 5) is 13.5. The average molecular weight is 135 g/mol. The normalized spacial score (nSPS) is 23.2. The van der Waals surface area contributed by atoms with Gasteiger partial charge in [0.05, 0.1) is 0 Å². The quantitative estimate of drug-likeness (QED) is 0.372. The van der Waals surface area contributed by atoms with Crippen LogP contribution >= 0.6 is 0 Å². The average Bonchev–Trinajstić information content (AvgIpc) is 2.14. The van der Waals surface area contributed by atoms with E-state index in [4.69, 9.17) is 5.11 Å². The summed E-state index contributed by atoms with van der Waals surface area (Å²) in [6.07, 6.45) is 0.658. The van der Waals surface area contributed by atoms with E-state index >= 15 is 0 Å². The third-order valence-corrected chi connectivity index (χ3v) is 1.22. The molecule has 1 aliphatic rings. The Morgan fingerprint density at radius 2 is 2.40 bits per heavy atom. The maximum absolute atomic E-state index is 10.3. The van der Waals surface area contributed by atoms with Gasteiger partial charge in [0.15, 0.2) is 0 Å². The molecular weight excluding hydrogens is 129 g/mol. The van der Waals surface area contributed by atoms with Crippen LogP contribution in [-0.2, 0) is 4.79 Å². The predicted octanol–water partition coefficient (Wildman–Crippen LogP) is -4.00. The van der Waals surface area contributed by atoms with Crippen LogP contribution in [0.1, 0.15) is 12.8 Å². The second kappa shape index (κ2) is 3.64. The molecule has 0 fully saturated rings. The van der Waals surface area contributed by atoms with Crippen LogP contribution in [0.4, 0.5) is 0 Å². The molecule has 4 nitrogen and oxygen atoms in total. The fraction of sp³-hybridized carbons (Fsp3) is 0.600. The molecule has 0 unspecified atom stereocenters. The van der Waals surface area contributed by atoms with E-state index in [9.17, 15) is 9.90 Å². The summed E-state index contributed by atoms with van der Waals surface area (Å²) in [6.45, 7) is 0. The van der Waals surface area contributed by atoms with Gasteiger partial charge in [0.1, 0.15) is 6.04 Å². The Kier molecular flexibility index (Phi) is 3.48. The molecule has 0 spiro atoms. The minimum absolute atomic E-state index is 0. The first-order valence-electron chi connectivity index (χ1n) is 2.66. The summed E-state index contributed by atoms with van der Waals surface area (Å²) in [5, 5.41) is 18.6. The number of aliphatic carboxylic acids is 1. The Hall–Kier alpha value is -0.463. The van der Waals surface area contributed by atoms with Crippen molar-refractivity contribution in [1.82, 2.24) is 0 Å². The number of carbonyl (C=O) groups is 1. The molecule has 1 rings (SSSR count). The van der Waals surface area contributed by atoms with Crippen molar-refractivity contribution >= 4 is 11.9 Å². The van der Waals surface area contributed by atoms with E-state index in [1.165, 1.54) is 0 Å². The molecule has 1 aliphatic heterocycles. The third kappa shape index (κ3) is 2.05. The van der Waals surface area contributed by atoms with Crippen molar-refractivity contribution in [1.29, 1.82) is 0 Å². The zero-order valence-corrected chi connectivity index (χ0v) is 5.70. The molecule has 1 heterocycles. The summed E-state index contributed by atoms with van der Waals surface area (Å²) in [6, 6.07) is -0.766. The second-order valence-electron chi connectivity index (χ2n) is 1.92. The number of rotatable bonds is 1. The number of hydrogen-bond donors (Lipinski definition) is 1. The maximum Gasteiger partial charge on any atom is 1.00 e. The zero-order valence-electron chi connectivity index (χ0n) is 5.70. The topological polar surface area (TPSA) is 72.7 Å². The van der Waals surface area contributed by atoms with Crippen molar-refractivity contribution in [3.63, 3.8) is 0 Å². The van der Waals surface area contributed by atoms with Crippen LogP contribution in [-0.4, -0.2) is 23.0 Å². The standard InChI is InChI=1S/C5H7NO3.Li/c7-4-2-1-3(6-4)5(8)9;/h3H,1-2H2,(H,6,7)(H,8,9);/q;+1/p-1/t3-;/m0./s1. The van der Waals surface area contributed by atoms with Crippen LogP contribution < -0.4 is 24.0 Å². The van der Waals surface area contributed by atoms with Gasteiger partial charge in [-0.3, -0.25) is 4.99 Å². The van der Waals surface area contributed by atoms with Gasteiger partial charge in [-0.15, -0.1) is 0 Å². The Bertz CT molecular complexity index is 168. The number of nitrogens with zero attached hydrogens (tertiary/aromatic N) is 1. The second-order valence-corrected chi connectivity index (χ2v) is 1.92. The molecule has 0 bridgehead atoms. The smallest absolute Gasteiger partial charge is 0.862 e. The van der Waals surface area contributed by atoms with Crippen molar-refractivity contribution in [2.24, 2.45) is 4.99 Å². The van der Waals surface area contributed by atoms with Gasteiger partial charge >= 0.3 is 24.8 Å². The molecule has 10 heavy (non-hydrogen) atoms. The summed E-state index contributed by atoms with van der Waals surface area (Å²) >= 11 is 0. The molecular formula is C5H6LiNO3. The molecule has 0 radical (unpaired) electrons. The first-order valence-corrected chi connectivity index (χ1v) is 2.66. The molecule has 0 saturated carbocycles. The van der Waals surface area contributed by atoms with Crippen molar-refractivity contribution in [3.05, 3.63) is 0 Å². The van der Waals surface area contributed by atoms with Crippen LogP contribution in [0.25, 0.3) is 0 Å². The van der Waals surface area contributed by atoms with Crippen LogP contribution in [0.3, 0.4) is 0 Å². The molecule has 0 aromatic heterocycles. The van der Waals surface area contributed by atoms with Crippen LogP contribution in [0.15, 0.2) is 4.99 Å². The van der Waals surface area contributed by atoms with E-state index in [0.717, 1.165) is 0 Å². The maximum atomic E-state index is 10.3. The van der Waals surface area contributed by atoms with E-state index in [1.54, 1.807) is 0 Å². The van der Waals surface area contributed by atoms with Gasteiger partial charge in [-0.05, 0) is 18.7 Å². The predicted molar refractivity (Wildman–Crippen MR) is 28.1 cm³/mol. The van der Waals surface area contributed by atoms with E-state index in [0.29, 0.717) is 6.42 Å². The SMILES string of the molecule is O=C(O)[C@@H]1CCC([O-])=N1.[Li+]. The van der Waals surface area contributed by atoms with Crippen molar-refractivity contribution in [3.8, 4) is 0 Å². The molecule has 0 saturated heterocycles. The fourth-order valence-electron chi connectivity index (χ4n) is 0.742. The first-order chi connectivity index (χ1) is 4.20. The van der Waals surface area contributed by atoms with Gasteiger partial charge in [0.2, 0.25) is 0 Å². The molecule has 0 amide bonds. The van der Waals surface area contributed by atoms with E-state index in [2.05, 4.69) is 4.99 Å². The molecule has 0 aliphatic carbocycles. The molecule has 0 aromatic rings. The fourth-order valence-corrected chi connectivity index (χ4v) is 0.742. The first kappa shape index (κ1) is 9.54. The molecule has 1 atom stereocenters. The summed E-state index contributed by atoms with van der Waals surface area (Å²) in [5.41, 5.74) is 0. The minimum atomic E-state index is -0.999. The van der Waals surface area contributed by atoms with Crippen LogP contribution in [0.2, 0.25) is 0 Å². The van der Waals surface area contributed by atoms with Crippen molar-refractivity contribution < 1.29 is 33.9 Å². The minimum Gasteiger partial charge on any atom is -0.862 e. The van der Waals surface area contributed by atoms with Gasteiger partial charge in [0.25, 0.3) is 0 Å². The van der Waals surface area contributed by atoms with E-state index in [-0.39, 0.29) is 31.2 Å². The third-order valence-electron chi connectivity index (χ3n) is 1.22. The van der Waals surface area contributed by atoms with Crippen LogP contribution in [0, 0.1) is 0 Å². The Labute approximate surface area is 70.1 Å². The summed E-state index contributed by atoms with van der Waals surface area (Å²) in [5.74, 6) is -1.29. The van der Waals surface area contributed by atoms with Crippen LogP contribution in [0.5, 0.6) is 0 Å². The number of carboxylic acids is 1. The summed E-state index contributed by atoms with van der Waals surface area (Å²) in [7, 11) is 0. The number of hydrogen-bond acceptors (Lipinski definition) is 3. The van der Waals surface area contributed by atoms with E-state index < -0.39 is 12.0 Å². The largest absolute Gasteiger partial charge is 1.00 e. The Balaban J connectivity index is 0.000000810. The molecule has 50 valence electrons.